The normalized spacial score (nSPS) is 16.4. The number of carbonyl (C=O) groups is 1. The molecule has 224 valence electrons. The van der Waals surface area contributed by atoms with E-state index in [2.05, 4.69) is 80.5 Å². The quantitative estimate of drug-likeness (QED) is 0.130. The standard InChI is InChI=1S/C19H18N4O.C18H17N3/c20-19(24)21-14-7-9-16-13(11-14)6-10-18(22-16)23-17-8-5-12-3-1-2-4-15(12)17;19-14-7-9-16-13(11-14)6-10-18(20-16)21-17-8-5-12-3-1-2-4-15(12)17/h1-4,6-7,9-11,17H,5,8H2,(H,22,23)(H3,20,21,24);1-4,6-7,9-11,17H,5,8,19H2,(H,20,21)/t2*17-/m11/s1. The largest absolute Gasteiger partial charge is 0.399 e. The van der Waals surface area contributed by atoms with Crippen LogP contribution in [-0.4, -0.2) is 16.0 Å². The predicted octanol–water partition coefficient (Wildman–Crippen LogP) is 7.74. The van der Waals surface area contributed by atoms with Crippen molar-refractivity contribution in [1.29, 1.82) is 0 Å². The maximum atomic E-state index is 10.9. The highest BCUT2D eigenvalue weighted by Crippen LogP contribution is 2.35. The number of urea groups is 1. The van der Waals surface area contributed by atoms with Crippen molar-refractivity contribution in [2.45, 2.75) is 37.8 Å². The van der Waals surface area contributed by atoms with Crippen LogP contribution >= 0.6 is 0 Å². The number of hydrogen-bond acceptors (Lipinski definition) is 6. The average molecular weight is 594 g/mol. The highest BCUT2D eigenvalue weighted by Gasteiger charge is 2.23. The summed E-state index contributed by atoms with van der Waals surface area (Å²) in [6.07, 6.45) is 4.45. The van der Waals surface area contributed by atoms with Crippen LogP contribution in [0.5, 0.6) is 0 Å². The molecule has 8 rings (SSSR count). The van der Waals surface area contributed by atoms with Gasteiger partial charge in [-0.1, -0.05) is 48.5 Å². The number of anilines is 4. The summed E-state index contributed by atoms with van der Waals surface area (Å²) < 4.78 is 0. The van der Waals surface area contributed by atoms with E-state index in [4.69, 9.17) is 11.5 Å². The fourth-order valence-corrected chi connectivity index (χ4v) is 6.42. The molecular weight excluding hydrogens is 558 g/mol. The number of rotatable bonds is 5. The van der Waals surface area contributed by atoms with Crippen molar-refractivity contribution in [3.8, 4) is 0 Å². The van der Waals surface area contributed by atoms with Gasteiger partial charge in [0.05, 0.1) is 23.1 Å². The number of primary amides is 1. The molecule has 0 saturated heterocycles. The van der Waals surface area contributed by atoms with Gasteiger partial charge in [0.25, 0.3) is 0 Å². The second-order valence-electron chi connectivity index (χ2n) is 11.6. The molecule has 0 radical (unpaired) electrons. The van der Waals surface area contributed by atoms with Crippen LogP contribution in [0.25, 0.3) is 21.8 Å². The van der Waals surface area contributed by atoms with E-state index in [9.17, 15) is 4.79 Å². The molecule has 8 nitrogen and oxygen atoms in total. The van der Waals surface area contributed by atoms with Gasteiger partial charge in [0, 0.05) is 22.1 Å². The van der Waals surface area contributed by atoms with E-state index in [1.807, 2.05) is 48.5 Å². The van der Waals surface area contributed by atoms with Crippen LogP contribution in [-0.2, 0) is 12.8 Å². The molecule has 2 aliphatic rings. The average Bonchev–Trinajstić information content (AvgIpc) is 3.65. The topological polar surface area (TPSA) is 131 Å². The highest BCUT2D eigenvalue weighted by molar-refractivity contribution is 5.92. The van der Waals surface area contributed by atoms with Crippen LogP contribution in [0.4, 0.5) is 27.8 Å². The molecule has 8 heteroatoms. The highest BCUT2D eigenvalue weighted by atomic mass is 16.2. The Morgan fingerprint density at radius 1 is 0.644 bits per heavy atom. The lowest BCUT2D eigenvalue weighted by Gasteiger charge is -2.15. The molecule has 0 fully saturated rings. The van der Waals surface area contributed by atoms with E-state index in [1.54, 1.807) is 6.07 Å². The van der Waals surface area contributed by atoms with Gasteiger partial charge in [-0.05, 0) is 109 Å². The summed E-state index contributed by atoms with van der Waals surface area (Å²) in [6.45, 7) is 0. The van der Waals surface area contributed by atoms with Crippen molar-refractivity contribution in [2.24, 2.45) is 5.73 Å². The summed E-state index contributed by atoms with van der Waals surface area (Å²) in [5, 5.41) is 11.7. The summed E-state index contributed by atoms with van der Waals surface area (Å²) in [5.41, 5.74) is 19.9. The molecule has 2 aromatic heterocycles. The molecule has 2 atom stereocenters. The van der Waals surface area contributed by atoms with Gasteiger partial charge in [-0.15, -0.1) is 0 Å². The second kappa shape index (κ2) is 12.2. The van der Waals surface area contributed by atoms with Gasteiger partial charge in [0.1, 0.15) is 11.6 Å². The first kappa shape index (κ1) is 28.2. The van der Waals surface area contributed by atoms with E-state index in [0.29, 0.717) is 17.8 Å². The third-order valence-corrected chi connectivity index (χ3v) is 8.58. The minimum atomic E-state index is -0.569. The van der Waals surface area contributed by atoms with E-state index < -0.39 is 6.03 Å². The van der Waals surface area contributed by atoms with Gasteiger partial charge < -0.3 is 27.4 Å². The van der Waals surface area contributed by atoms with Crippen LogP contribution in [0.1, 0.15) is 47.2 Å². The molecule has 6 aromatic rings. The molecule has 0 saturated carbocycles. The summed E-state index contributed by atoms with van der Waals surface area (Å²) in [7, 11) is 0. The van der Waals surface area contributed by atoms with Gasteiger partial charge in [0.2, 0.25) is 0 Å². The Labute approximate surface area is 261 Å². The molecule has 0 bridgehead atoms. The summed E-state index contributed by atoms with van der Waals surface area (Å²) in [6, 6.07) is 36.7. The monoisotopic (exact) mass is 593 g/mol. The molecule has 4 aromatic carbocycles. The van der Waals surface area contributed by atoms with Crippen LogP contribution in [0, 0.1) is 0 Å². The van der Waals surface area contributed by atoms with Crippen molar-refractivity contribution in [3.63, 3.8) is 0 Å². The predicted molar refractivity (Wildman–Crippen MR) is 183 cm³/mol. The fraction of sp³-hybridized carbons (Fsp3) is 0.162. The number of aryl methyl sites for hydroxylation is 2. The number of nitrogens with two attached hydrogens (primary N) is 2. The molecule has 45 heavy (non-hydrogen) atoms. The van der Waals surface area contributed by atoms with E-state index in [0.717, 1.165) is 64.8 Å². The smallest absolute Gasteiger partial charge is 0.316 e. The number of hydrogen-bond donors (Lipinski definition) is 5. The maximum absolute atomic E-state index is 10.9. The molecule has 2 heterocycles. The molecule has 2 amide bonds. The number of carbonyl (C=O) groups excluding carboxylic acids is 1. The Morgan fingerprint density at radius 2 is 1.18 bits per heavy atom. The van der Waals surface area contributed by atoms with E-state index in [1.165, 1.54) is 22.3 Å². The van der Waals surface area contributed by atoms with Gasteiger partial charge in [-0.2, -0.15) is 0 Å². The van der Waals surface area contributed by atoms with E-state index >= 15 is 0 Å². The van der Waals surface area contributed by atoms with Crippen LogP contribution < -0.4 is 27.4 Å². The minimum Gasteiger partial charge on any atom is -0.399 e. The van der Waals surface area contributed by atoms with Crippen molar-refractivity contribution >= 4 is 50.8 Å². The molecule has 0 spiro atoms. The van der Waals surface area contributed by atoms with Gasteiger partial charge >= 0.3 is 6.03 Å². The molecule has 7 N–H and O–H groups in total. The molecular formula is C37H35N7O. The number of pyridine rings is 2. The Kier molecular flexibility index (Phi) is 7.61. The van der Waals surface area contributed by atoms with Crippen LogP contribution in [0.3, 0.4) is 0 Å². The number of nitrogens with one attached hydrogen (secondary N) is 3. The maximum Gasteiger partial charge on any atom is 0.316 e. The first-order valence-corrected chi connectivity index (χ1v) is 15.3. The third kappa shape index (κ3) is 6.21. The number of benzene rings is 4. The number of aromatic nitrogens is 2. The summed E-state index contributed by atoms with van der Waals surface area (Å²) in [4.78, 5) is 20.3. The zero-order valence-electron chi connectivity index (χ0n) is 24.8. The number of nitrogens with zero attached hydrogens (tertiary/aromatic N) is 2. The lowest BCUT2D eigenvalue weighted by atomic mass is 10.1. The summed E-state index contributed by atoms with van der Waals surface area (Å²) in [5.74, 6) is 1.79. The molecule has 0 aliphatic heterocycles. The fourth-order valence-electron chi connectivity index (χ4n) is 6.42. The van der Waals surface area contributed by atoms with Crippen LogP contribution in [0.2, 0.25) is 0 Å². The van der Waals surface area contributed by atoms with Crippen molar-refractivity contribution in [3.05, 3.63) is 131 Å². The van der Waals surface area contributed by atoms with E-state index in [-0.39, 0.29) is 0 Å². The number of fused-ring (bicyclic) bond motifs is 4. The first-order valence-electron chi connectivity index (χ1n) is 15.3. The molecule has 0 unspecified atom stereocenters. The lowest BCUT2D eigenvalue weighted by Crippen LogP contribution is -2.19. The Balaban J connectivity index is 0.000000146. The Hall–Kier alpha value is -5.63. The van der Waals surface area contributed by atoms with Crippen molar-refractivity contribution < 1.29 is 4.79 Å². The summed E-state index contributed by atoms with van der Waals surface area (Å²) >= 11 is 0. The van der Waals surface area contributed by atoms with Gasteiger partial charge in [-0.3, -0.25) is 0 Å². The SMILES string of the molecule is NC(=O)Nc1ccc2nc(N[C@@H]3CCc4ccccc43)ccc2c1.Nc1ccc2nc(N[C@@H]3CCc4ccccc43)ccc2c1. The molecule has 2 aliphatic carbocycles. The first-order chi connectivity index (χ1) is 22.0. The minimum absolute atomic E-state index is 0.307. The Morgan fingerprint density at radius 3 is 1.76 bits per heavy atom. The van der Waals surface area contributed by atoms with Gasteiger partial charge in [0.15, 0.2) is 0 Å². The number of amides is 2. The zero-order valence-corrected chi connectivity index (χ0v) is 24.8. The van der Waals surface area contributed by atoms with Gasteiger partial charge in [-0.25, -0.2) is 14.8 Å². The lowest BCUT2D eigenvalue weighted by molar-refractivity contribution is 0.259. The van der Waals surface area contributed by atoms with Crippen LogP contribution in [0.15, 0.2) is 109 Å². The van der Waals surface area contributed by atoms with Crippen molar-refractivity contribution in [1.82, 2.24) is 9.97 Å². The Bertz CT molecular complexity index is 2020. The second-order valence-corrected chi connectivity index (χ2v) is 11.6. The van der Waals surface area contributed by atoms with Crippen molar-refractivity contribution in [2.75, 3.05) is 21.7 Å². The zero-order chi connectivity index (χ0) is 30.8. The third-order valence-electron chi connectivity index (χ3n) is 8.58. The number of nitrogen functional groups attached to an aromatic ring is 1.